The number of carbonyl (C=O) groups is 4. The Bertz CT molecular complexity index is 1800. The molecule has 3 atom stereocenters. The highest BCUT2D eigenvalue weighted by molar-refractivity contribution is 8.01. The van der Waals surface area contributed by atoms with Crippen LogP contribution in [0.3, 0.4) is 0 Å². The predicted molar refractivity (Wildman–Crippen MR) is 166 cm³/mol. The summed E-state index contributed by atoms with van der Waals surface area (Å²) in [4.78, 5) is 69.2. The van der Waals surface area contributed by atoms with Crippen LogP contribution in [-0.2, 0) is 24.0 Å². The number of aromatic nitrogens is 3. The SMILES string of the molecule is Nc1cc(N)nc(SCC2=C(C(=O)O)N3C(=O)[C@@H](NC(=O)/C(=N\O[C@H](C(=O)O)c4ccc(O)c(O)c4)c4csc(N)n4)[C@H]3SC2)n1. The Morgan fingerprint density at radius 3 is 2.43 bits per heavy atom. The lowest BCUT2D eigenvalue weighted by atomic mass is 10.0. The first-order valence-corrected chi connectivity index (χ1v) is 15.7. The van der Waals surface area contributed by atoms with Gasteiger partial charge in [-0.05, 0) is 17.7 Å². The summed E-state index contributed by atoms with van der Waals surface area (Å²) in [7, 11) is 0. The molecule has 21 heteroatoms. The molecule has 2 aliphatic heterocycles. The minimum atomic E-state index is -1.83. The van der Waals surface area contributed by atoms with Crippen LogP contribution in [0.5, 0.6) is 11.5 Å². The summed E-state index contributed by atoms with van der Waals surface area (Å²) in [6.07, 6.45) is -1.83. The molecule has 2 aliphatic rings. The summed E-state index contributed by atoms with van der Waals surface area (Å²) in [5.41, 5.74) is 16.6. The Hall–Kier alpha value is -5.28. The Balaban J connectivity index is 1.35. The van der Waals surface area contributed by atoms with E-state index in [0.717, 1.165) is 40.1 Å². The van der Waals surface area contributed by atoms with Crippen LogP contribution in [0.25, 0.3) is 0 Å². The maximum atomic E-state index is 13.4. The van der Waals surface area contributed by atoms with Gasteiger partial charge in [-0.2, -0.15) is 0 Å². The number of nitrogen functional groups attached to an aromatic ring is 3. The molecule has 11 N–H and O–H groups in total. The number of β-lactam (4-membered cyclic amide) rings is 1. The van der Waals surface area contributed by atoms with Gasteiger partial charge in [0, 0.05) is 28.5 Å². The van der Waals surface area contributed by atoms with E-state index in [9.17, 15) is 39.6 Å². The van der Waals surface area contributed by atoms with Gasteiger partial charge in [0.1, 0.15) is 34.4 Å². The lowest BCUT2D eigenvalue weighted by Gasteiger charge is -2.49. The fourth-order valence-electron chi connectivity index (χ4n) is 4.34. The zero-order chi connectivity index (χ0) is 33.3. The number of thiazole rings is 1. The fraction of sp³-hybridized carbons (Fsp3) is 0.200. The summed E-state index contributed by atoms with van der Waals surface area (Å²) in [6, 6.07) is 3.36. The summed E-state index contributed by atoms with van der Waals surface area (Å²) in [6.45, 7) is 0. The van der Waals surface area contributed by atoms with Crippen molar-refractivity contribution in [2.45, 2.75) is 22.7 Å². The smallest absolute Gasteiger partial charge is 0.352 e. The summed E-state index contributed by atoms with van der Waals surface area (Å²) in [5, 5.41) is 46.1. The van der Waals surface area contributed by atoms with Crippen LogP contribution in [0, 0.1) is 0 Å². The minimum Gasteiger partial charge on any atom is -0.504 e. The second kappa shape index (κ2) is 13.0. The van der Waals surface area contributed by atoms with E-state index >= 15 is 0 Å². The average molecular weight is 690 g/mol. The van der Waals surface area contributed by atoms with E-state index in [4.69, 9.17) is 22.0 Å². The maximum absolute atomic E-state index is 13.4. The number of hydrogen-bond donors (Lipinski definition) is 8. The monoisotopic (exact) mass is 689 g/mol. The number of thioether (sulfide) groups is 2. The van der Waals surface area contributed by atoms with Crippen LogP contribution in [0.2, 0.25) is 0 Å². The van der Waals surface area contributed by atoms with Crippen molar-refractivity contribution >= 4 is 81.1 Å². The molecule has 1 aromatic carbocycles. The molecule has 5 rings (SSSR count). The first-order valence-electron chi connectivity index (χ1n) is 12.8. The van der Waals surface area contributed by atoms with Crippen molar-refractivity contribution in [1.82, 2.24) is 25.2 Å². The number of benzene rings is 1. The van der Waals surface area contributed by atoms with Crippen LogP contribution in [-0.4, -0.2) is 92.7 Å². The highest BCUT2D eigenvalue weighted by Crippen LogP contribution is 2.41. The average Bonchev–Trinajstić information content (AvgIpc) is 3.42. The first kappa shape index (κ1) is 32.1. The largest absolute Gasteiger partial charge is 0.504 e. The number of phenols is 2. The zero-order valence-electron chi connectivity index (χ0n) is 23.1. The van der Waals surface area contributed by atoms with Crippen LogP contribution in [0.15, 0.2) is 51.2 Å². The lowest BCUT2D eigenvalue weighted by molar-refractivity contribution is -0.151. The summed E-state index contributed by atoms with van der Waals surface area (Å²) >= 11 is 3.26. The summed E-state index contributed by atoms with van der Waals surface area (Å²) in [5.74, 6) is -5.10. The van der Waals surface area contributed by atoms with Crippen molar-refractivity contribution in [2.24, 2.45) is 5.16 Å². The number of aliphatic carboxylic acids is 2. The number of rotatable bonds is 11. The second-order valence-electron chi connectivity index (χ2n) is 9.49. The van der Waals surface area contributed by atoms with Gasteiger partial charge in [0.25, 0.3) is 11.8 Å². The Morgan fingerprint density at radius 2 is 1.83 bits per heavy atom. The van der Waals surface area contributed by atoms with E-state index in [0.29, 0.717) is 5.57 Å². The second-order valence-corrected chi connectivity index (χ2v) is 12.4. The number of hydrogen-bond acceptors (Lipinski definition) is 17. The van der Waals surface area contributed by atoms with Crippen molar-refractivity contribution in [1.29, 1.82) is 0 Å². The molecule has 1 saturated heterocycles. The van der Waals surface area contributed by atoms with Crippen LogP contribution >= 0.6 is 34.9 Å². The number of carboxylic acid groups (broad SMARTS) is 2. The minimum absolute atomic E-state index is 0.0513. The Labute approximate surface area is 270 Å². The molecule has 0 unspecified atom stereocenters. The van der Waals surface area contributed by atoms with Gasteiger partial charge in [0.15, 0.2) is 27.5 Å². The number of nitrogens with one attached hydrogen (secondary N) is 1. The van der Waals surface area contributed by atoms with Crippen LogP contribution < -0.4 is 22.5 Å². The number of carboxylic acids is 2. The summed E-state index contributed by atoms with van der Waals surface area (Å²) < 4.78 is 0. The number of oxime groups is 1. The number of phenolic OH excluding ortho intramolecular Hbond substituents is 2. The number of aromatic hydroxyl groups is 2. The standard InChI is InChI=1S/C25H23N9O9S3/c26-13-4-14(27)31-25(30-13)46-6-9-5-44-21-16(20(38)34(21)17(9)22(39)40)32-19(37)15(10-7-45-24(28)29-10)33-43-18(23(41)42)8-1-2-11(35)12(36)3-8/h1-4,7,16,18,21,35-36H,5-6H2,(H2,28,29)(H,32,37)(H,39,40)(H,41,42)(H4,26,27,30,31)/b33-15-/t16-,18+,21-/m1/s1. The van der Waals surface area contributed by atoms with E-state index < -0.39 is 58.5 Å². The molecule has 1 fully saturated rings. The van der Waals surface area contributed by atoms with Gasteiger partial charge in [0.05, 0.1) is 0 Å². The van der Waals surface area contributed by atoms with Gasteiger partial charge >= 0.3 is 11.9 Å². The van der Waals surface area contributed by atoms with Crippen molar-refractivity contribution in [3.05, 3.63) is 52.2 Å². The van der Waals surface area contributed by atoms with Gasteiger partial charge in [0.2, 0.25) is 6.10 Å². The highest BCUT2D eigenvalue weighted by Gasteiger charge is 2.54. The van der Waals surface area contributed by atoms with Crippen LogP contribution in [0.1, 0.15) is 17.4 Å². The molecule has 46 heavy (non-hydrogen) atoms. The molecule has 0 aliphatic carbocycles. The molecular formula is C25H23N9O9S3. The number of fused-ring (bicyclic) bond motifs is 1. The molecule has 240 valence electrons. The zero-order valence-corrected chi connectivity index (χ0v) is 25.5. The maximum Gasteiger partial charge on any atom is 0.352 e. The molecule has 2 aromatic heterocycles. The van der Waals surface area contributed by atoms with Gasteiger partial charge in [-0.1, -0.05) is 23.0 Å². The van der Waals surface area contributed by atoms with E-state index in [1.54, 1.807) is 0 Å². The molecule has 0 saturated carbocycles. The van der Waals surface area contributed by atoms with E-state index in [-0.39, 0.29) is 50.4 Å². The normalized spacial score (nSPS) is 18.4. The molecule has 3 aromatic rings. The van der Waals surface area contributed by atoms with Crippen molar-refractivity contribution in [3.63, 3.8) is 0 Å². The lowest BCUT2D eigenvalue weighted by Crippen LogP contribution is -2.71. The van der Waals surface area contributed by atoms with E-state index in [2.05, 4.69) is 25.4 Å². The first-order chi connectivity index (χ1) is 21.8. The number of nitrogens with zero attached hydrogens (tertiary/aromatic N) is 5. The number of amides is 2. The molecule has 0 bridgehead atoms. The third kappa shape index (κ3) is 6.55. The Kier molecular flexibility index (Phi) is 9.07. The molecule has 0 spiro atoms. The third-order valence-electron chi connectivity index (χ3n) is 6.41. The van der Waals surface area contributed by atoms with E-state index in [1.165, 1.54) is 29.3 Å². The van der Waals surface area contributed by atoms with Crippen LogP contribution in [0.4, 0.5) is 16.8 Å². The molecule has 18 nitrogen and oxygen atoms in total. The number of nitrogens with two attached hydrogens (primary N) is 3. The molecular weight excluding hydrogens is 667 g/mol. The van der Waals surface area contributed by atoms with Gasteiger partial charge in [-0.25, -0.2) is 24.5 Å². The molecule has 2 amide bonds. The van der Waals surface area contributed by atoms with Gasteiger partial charge < -0.3 is 47.8 Å². The third-order valence-corrected chi connectivity index (χ3v) is 9.36. The van der Waals surface area contributed by atoms with Crippen molar-refractivity contribution in [3.8, 4) is 11.5 Å². The molecule has 4 heterocycles. The van der Waals surface area contributed by atoms with E-state index in [1.807, 2.05) is 0 Å². The Morgan fingerprint density at radius 1 is 1.11 bits per heavy atom. The predicted octanol–water partition coefficient (Wildman–Crippen LogP) is 0.168. The highest BCUT2D eigenvalue weighted by atomic mass is 32.2. The fourth-order valence-corrected chi connectivity index (χ4v) is 7.25. The van der Waals surface area contributed by atoms with Crippen molar-refractivity contribution in [2.75, 3.05) is 28.7 Å². The topological polar surface area (TPSA) is 303 Å². The number of anilines is 3. The van der Waals surface area contributed by atoms with Crippen molar-refractivity contribution < 1.29 is 44.4 Å². The van der Waals surface area contributed by atoms with Gasteiger partial charge in [-0.15, -0.1) is 23.1 Å². The quantitative estimate of drug-likeness (QED) is 0.0332. The molecule has 0 radical (unpaired) electrons. The van der Waals surface area contributed by atoms with Gasteiger partial charge in [-0.3, -0.25) is 14.5 Å². The number of carbonyl (C=O) groups excluding carboxylic acids is 2.